The van der Waals surface area contributed by atoms with Gasteiger partial charge in [-0.2, -0.15) is 13.2 Å². The minimum Gasteiger partial charge on any atom is -0.287 e. The number of carbonyl (C=O) groups excluding carboxylic acids is 1. The van der Waals surface area contributed by atoms with E-state index in [1.54, 1.807) is 0 Å². The molecular weight excluding hydrogens is 251 g/mol. The van der Waals surface area contributed by atoms with Crippen LogP contribution >= 0.6 is 11.8 Å². The van der Waals surface area contributed by atoms with Gasteiger partial charge in [0.05, 0.1) is 17.7 Å². The highest BCUT2D eigenvalue weighted by Crippen LogP contribution is 2.30. The van der Waals surface area contributed by atoms with Crippen LogP contribution in [0.25, 0.3) is 0 Å². The van der Waals surface area contributed by atoms with Crippen molar-refractivity contribution in [2.45, 2.75) is 12.6 Å². The smallest absolute Gasteiger partial charge is 0.287 e. The summed E-state index contributed by atoms with van der Waals surface area (Å²) in [6.45, 7) is 0. The Morgan fingerprint density at radius 3 is 2.29 bits per heavy atom. The lowest BCUT2D eigenvalue weighted by Crippen LogP contribution is -2.03. The van der Waals surface area contributed by atoms with Crippen LogP contribution in [0.5, 0.6) is 0 Å². The Hall–Kier alpha value is -1.30. The number of alkyl halides is 3. The predicted octanol–water partition coefficient (Wildman–Crippen LogP) is 3.44. The second kappa shape index (κ2) is 4.52. The third-order valence-corrected chi connectivity index (χ3v) is 3.17. The normalized spacial score (nSPS) is 19.0. The molecule has 0 bridgehead atoms. The topological polar surface area (TPSA) is 29.4 Å². The van der Waals surface area contributed by atoms with Crippen LogP contribution < -0.4 is 0 Å². The van der Waals surface area contributed by atoms with Gasteiger partial charge in [-0.05, 0) is 24.3 Å². The van der Waals surface area contributed by atoms with E-state index in [2.05, 4.69) is 4.99 Å². The van der Waals surface area contributed by atoms with E-state index in [1.165, 1.54) is 23.9 Å². The van der Waals surface area contributed by atoms with Crippen molar-refractivity contribution in [2.24, 2.45) is 4.99 Å². The SMILES string of the molecule is O=C1CC(=Nc2ccc(C(F)(F)F)cc2)CS1. The second-order valence-electron chi connectivity index (χ2n) is 3.56. The molecule has 0 atom stereocenters. The van der Waals surface area contributed by atoms with Crippen LogP contribution in [0.1, 0.15) is 12.0 Å². The van der Waals surface area contributed by atoms with Crippen LogP contribution in [0.3, 0.4) is 0 Å². The quantitative estimate of drug-likeness (QED) is 0.773. The molecule has 1 aromatic rings. The average molecular weight is 259 g/mol. The van der Waals surface area contributed by atoms with Crippen molar-refractivity contribution in [1.29, 1.82) is 0 Å². The number of carbonyl (C=O) groups is 1. The molecule has 6 heteroatoms. The molecule has 1 heterocycles. The van der Waals surface area contributed by atoms with Crippen molar-refractivity contribution in [3.05, 3.63) is 29.8 Å². The van der Waals surface area contributed by atoms with Gasteiger partial charge in [0, 0.05) is 11.5 Å². The van der Waals surface area contributed by atoms with Crippen molar-refractivity contribution >= 4 is 28.3 Å². The molecular formula is C11H8F3NOS. The molecule has 1 saturated heterocycles. The summed E-state index contributed by atoms with van der Waals surface area (Å²) in [5, 5.41) is 0.0515. The number of halogens is 3. The Labute approximate surface area is 99.9 Å². The fourth-order valence-electron chi connectivity index (χ4n) is 1.41. The highest BCUT2D eigenvalue weighted by molar-refractivity contribution is 8.14. The van der Waals surface area contributed by atoms with E-state index in [0.29, 0.717) is 17.2 Å². The predicted molar refractivity (Wildman–Crippen MR) is 60.6 cm³/mol. The molecule has 0 aromatic heterocycles. The van der Waals surface area contributed by atoms with Crippen LogP contribution in [0, 0.1) is 0 Å². The summed E-state index contributed by atoms with van der Waals surface area (Å²) in [6.07, 6.45) is -4.05. The molecule has 17 heavy (non-hydrogen) atoms. The molecule has 1 aromatic carbocycles. The maximum Gasteiger partial charge on any atom is 0.416 e. The standard InChI is InChI=1S/C11H8F3NOS/c12-11(13,14)7-1-3-8(4-2-7)15-9-5-10(16)17-6-9/h1-4H,5-6H2. The first-order valence-electron chi connectivity index (χ1n) is 4.84. The van der Waals surface area contributed by atoms with E-state index < -0.39 is 11.7 Å². The third-order valence-electron chi connectivity index (χ3n) is 2.23. The zero-order chi connectivity index (χ0) is 12.5. The van der Waals surface area contributed by atoms with Crippen molar-refractivity contribution in [1.82, 2.24) is 0 Å². The molecule has 90 valence electrons. The van der Waals surface area contributed by atoms with Gasteiger partial charge in [0.25, 0.3) is 0 Å². The first-order chi connectivity index (χ1) is 7.95. The first-order valence-corrected chi connectivity index (χ1v) is 5.83. The fraction of sp³-hybridized carbons (Fsp3) is 0.273. The van der Waals surface area contributed by atoms with Gasteiger partial charge in [0.1, 0.15) is 0 Å². The lowest BCUT2D eigenvalue weighted by Gasteiger charge is -2.05. The van der Waals surface area contributed by atoms with Crippen LogP contribution in [0.15, 0.2) is 29.3 Å². The van der Waals surface area contributed by atoms with E-state index in [9.17, 15) is 18.0 Å². The Kier molecular flexibility index (Phi) is 3.24. The zero-order valence-electron chi connectivity index (χ0n) is 8.62. The number of aliphatic imine (C=N–C) groups is 1. The summed E-state index contributed by atoms with van der Waals surface area (Å²) in [6, 6.07) is 4.60. The maximum atomic E-state index is 12.3. The Morgan fingerprint density at radius 1 is 1.18 bits per heavy atom. The third kappa shape index (κ3) is 3.09. The van der Waals surface area contributed by atoms with E-state index >= 15 is 0 Å². The molecule has 0 amide bonds. The van der Waals surface area contributed by atoms with Gasteiger partial charge in [-0.25, -0.2) is 0 Å². The highest BCUT2D eigenvalue weighted by atomic mass is 32.2. The molecule has 0 saturated carbocycles. The minimum atomic E-state index is -4.33. The van der Waals surface area contributed by atoms with Gasteiger partial charge in [0.2, 0.25) is 0 Å². The maximum absolute atomic E-state index is 12.3. The number of hydrogen-bond donors (Lipinski definition) is 0. The fourth-order valence-corrected chi connectivity index (χ4v) is 2.17. The van der Waals surface area contributed by atoms with E-state index in [0.717, 1.165) is 12.1 Å². The molecule has 2 nitrogen and oxygen atoms in total. The summed E-state index contributed by atoms with van der Waals surface area (Å²) in [5.74, 6) is 0.528. The molecule has 0 spiro atoms. The van der Waals surface area contributed by atoms with E-state index in [1.807, 2.05) is 0 Å². The lowest BCUT2D eigenvalue weighted by atomic mass is 10.2. The largest absolute Gasteiger partial charge is 0.416 e. The van der Waals surface area contributed by atoms with Crippen LogP contribution in [0.2, 0.25) is 0 Å². The summed E-state index contributed by atoms with van der Waals surface area (Å²) in [7, 11) is 0. The van der Waals surface area contributed by atoms with Gasteiger partial charge in [-0.15, -0.1) is 0 Å². The molecule has 1 aliphatic heterocycles. The van der Waals surface area contributed by atoms with Crippen molar-refractivity contribution in [3.63, 3.8) is 0 Å². The Balaban J connectivity index is 2.16. The molecule has 0 radical (unpaired) electrons. The molecule has 0 N–H and O–H groups in total. The first kappa shape index (κ1) is 12.2. The van der Waals surface area contributed by atoms with Crippen LogP contribution in [-0.4, -0.2) is 16.6 Å². The van der Waals surface area contributed by atoms with Gasteiger partial charge < -0.3 is 0 Å². The molecule has 2 rings (SSSR count). The van der Waals surface area contributed by atoms with Crippen LogP contribution in [0.4, 0.5) is 18.9 Å². The van der Waals surface area contributed by atoms with Gasteiger partial charge in [0.15, 0.2) is 5.12 Å². The van der Waals surface area contributed by atoms with E-state index in [4.69, 9.17) is 0 Å². The number of rotatable bonds is 1. The van der Waals surface area contributed by atoms with Crippen molar-refractivity contribution in [2.75, 3.05) is 5.75 Å². The molecule has 1 fully saturated rings. The lowest BCUT2D eigenvalue weighted by molar-refractivity contribution is -0.137. The average Bonchev–Trinajstić information content (AvgIpc) is 2.63. The van der Waals surface area contributed by atoms with Gasteiger partial charge in [-0.3, -0.25) is 9.79 Å². The van der Waals surface area contributed by atoms with Crippen LogP contribution in [-0.2, 0) is 11.0 Å². The summed E-state index contributed by atoms with van der Waals surface area (Å²) < 4.78 is 36.9. The highest BCUT2D eigenvalue weighted by Gasteiger charge is 2.29. The number of hydrogen-bond acceptors (Lipinski definition) is 3. The number of nitrogens with zero attached hydrogens (tertiary/aromatic N) is 1. The Bertz CT molecular complexity index is 465. The summed E-state index contributed by atoms with van der Waals surface area (Å²) in [5.41, 5.74) is 0.460. The Morgan fingerprint density at radius 2 is 1.82 bits per heavy atom. The molecule has 0 aliphatic carbocycles. The molecule has 1 aliphatic rings. The number of thioether (sulfide) groups is 1. The summed E-state index contributed by atoms with van der Waals surface area (Å²) in [4.78, 5) is 15.1. The van der Waals surface area contributed by atoms with Crippen molar-refractivity contribution in [3.8, 4) is 0 Å². The number of benzene rings is 1. The molecule has 0 unspecified atom stereocenters. The van der Waals surface area contributed by atoms with Crippen molar-refractivity contribution < 1.29 is 18.0 Å². The van der Waals surface area contributed by atoms with Gasteiger partial charge in [-0.1, -0.05) is 11.8 Å². The monoisotopic (exact) mass is 259 g/mol. The minimum absolute atomic E-state index is 0.0515. The second-order valence-corrected chi connectivity index (χ2v) is 4.59. The van der Waals surface area contributed by atoms with Gasteiger partial charge >= 0.3 is 6.18 Å². The summed E-state index contributed by atoms with van der Waals surface area (Å²) >= 11 is 1.18. The zero-order valence-corrected chi connectivity index (χ0v) is 9.44. The van der Waals surface area contributed by atoms with E-state index in [-0.39, 0.29) is 11.5 Å².